The van der Waals surface area contributed by atoms with Crippen molar-refractivity contribution in [3.63, 3.8) is 0 Å². The summed E-state index contributed by atoms with van der Waals surface area (Å²) in [5, 5.41) is 0. The molecule has 0 spiro atoms. The van der Waals surface area contributed by atoms with Gasteiger partial charge < -0.3 is 0 Å². The number of hydrogen-bond acceptors (Lipinski definition) is 1. The molecule has 0 fully saturated rings. The van der Waals surface area contributed by atoms with Gasteiger partial charge in [-0.05, 0) is 0 Å². The van der Waals surface area contributed by atoms with Crippen LogP contribution in [0.3, 0.4) is 0 Å². The molecule has 3 heteroatoms. The first-order valence-corrected chi connectivity index (χ1v) is 6.91. The Balaban J connectivity index is 2.72. The Labute approximate surface area is 75.3 Å². The second-order valence-electron chi connectivity index (χ2n) is 1.58. The number of rotatable bonds is 4. The molecule has 0 saturated heterocycles. The fourth-order valence-corrected chi connectivity index (χ4v) is 1.19. The number of halogens is 1. The standard InChI is InChI=1S/C5H10BrO.Hg/c1-2-7-5-3-4-6;/h4H,2-3,5H2,1H3;. The van der Waals surface area contributed by atoms with Crippen molar-refractivity contribution >= 4 is 15.9 Å². The van der Waals surface area contributed by atoms with Gasteiger partial charge in [0.2, 0.25) is 0 Å². The summed E-state index contributed by atoms with van der Waals surface area (Å²) in [6.45, 7) is 3.81. The second-order valence-corrected chi connectivity index (χ2v) is 11.4. The van der Waals surface area contributed by atoms with E-state index in [1.54, 1.807) is 0 Å². The van der Waals surface area contributed by atoms with E-state index in [0.717, 1.165) is 41.7 Å². The van der Waals surface area contributed by atoms with Gasteiger partial charge in [-0.15, -0.1) is 0 Å². The molecule has 0 aliphatic rings. The minimum atomic E-state index is 0.786. The van der Waals surface area contributed by atoms with Crippen LogP contribution in [0, 0.1) is 0 Å². The first-order chi connectivity index (χ1) is 3.77. The Morgan fingerprint density at radius 1 is 1.75 bits per heavy atom. The van der Waals surface area contributed by atoms with Crippen LogP contribution in [-0.2, 0) is 30.9 Å². The topological polar surface area (TPSA) is 9.23 Å². The van der Waals surface area contributed by atoms with Gasteiger partial charge in [0.25, 0.3) is 0 Å². The van der Waals surface area contributed by atoms with Gasteiger partial charge in [0.1, 0.15) is 0 Å². The zero-order valence-electron chi connectivity index (χ0n) is 5.19. The molecule has 1 atom stereocenters. The van der Waals surface area contributed by atoms with Gasteiger partial charge in [0.05, 0.1) is 0 Å². The van der Waals surface area contributed by atoms with Crippen molar-refractivity contribution in [1.29, 1.82) is 0 Å². The molecule has 0 aromatic carbocycles. The van der Waals surface area contributed by atoms with Gasteiger partial charge in [-0.2, -0.15) is 0 Å². The van der Waals surface area contributed by atoms with Crippen molar-refractivity contribution in [1.82, 2.24) is 0 Å². The fourth-order valence-electron chi connectivity index (χ4n) is 0.356. The van der Waals surface area contributed by atoms with Crippen LogP contribution in [0.15, 0.2) is 0 Å². The van der Waals surface area contributed by atoms with Gasteiger partial charge >= 0.3 is 75.7 Å². The van der Waals surface area contributed by atoms with Crippen LogP contribution in [0.1, 0.15) is 13.3 Å². The van der Waals surface area contributed by atoms with E-state index in [4.69, 9.17) is 4.74 Å². The summed E-state index contributed by atoms with van der Waals surface area (Å²) in [7, 11) is 0. The molecule has 0 aromatic heterocycles. The summed E-state index contributed by atoms with van der Waals surface area (Å²) in [4.78, 5) is 0. The quantitative estimate of drug-likeness (QED) is 0.418. The van der Waals surface area contributed by atoms with Crippen molar-refractivity contribution in [2.45, 2.75) is 15.7 Å². The van der Waals surface area contributed by atoms with Gasteiger partial charge in [-0.3, -0.25) is 0 Å². The van der Waals surface area contributed by atoms with Crippen molar-refractivity contribution in [2.24, 2.45) is 0 Å². The van der Waals surface area contributed by atoms with Crippen LogP contribution in [0.25, 0.3) is 0 Å². The van der Waals surface area contributed by atoms with E-state index in [2.05, 4.69) is 15.9 Å². The zero-order valence-corrected chi connectivity index (χ0v) is 12.3. The van der Waals surface area contributed by atoms with Crippen molar-refractivity contribution in [2.75, 3.05) is 13.2 Å². The van der Waals surface area contributed by atoms with E-state index < -0.39 is 0 Å². The van der Waals surface area contributed by atoms with Crippen LogP contribution in [0.4, 0.5) is 0 Å². The summed E-state index contributed by atoms with van der Waals surface area (Å²) in [5.74, 6) is 0. The Bertz CT molecular complexity index is 49.7. The maximum atomic E-state index is 5.15. The van der Waals surface area contributed by atoms with Crippen molar-refractivity contribution < 1.29 is 30.9 Å². The van der Waals surface area contributed by atoms with Gasteiger partial charge in [-0.25, -0.2) is 0 Å². The third-order valence-electron chi connectivity index (χ3n) is 0.780. The van der Waals surface area contributed by atoms with Gasteiger partial charge in [0, 0.05) is 0 Å². The third-order valence-corrected chi connectivity index (χ3v) is 2.82. The summed E-state index contributed by atoms with van der Waals surface area (Å²) in [6, 6.07) is 0. The third kappa shape index (κ3) is 7.38. The Morgan fingerprint density at radius 2 is 2.38 bits per heavy atom. The zero-order chi connectivity index (χ0) is 6.41. The molecule has 0 saturated carbocycles. The predicted molar refractivity (Wildman–Crippen MR) is 33.8 cm³/mol. The minimum absolute atomic E-state index is 0.786. The molecular formula is C5H10BrHgO. The monoisotopic (exact) mass is 367 g/mol. The molecule has 45 valence electrons. The fraction of sp³-hybridized carbons (Fsp3) is 1.00. The van der Waals surface area contributed by atoms with Crippen LogP contribution in [-0.4, -0.2) is 15.5 Å². The van der Waals surface area contributed by atoms with Gasteiger partial charge in [0.15, 0.2) is 0 Å². The molecule has 0 bridgehead atoms. The number of hydrogen-bond donors (Lipinski definition) is 0. The average Bonchev–Trinajstić information content (AvgIpc) is 1.66. The molecule has 1 unspecified atom stereocenters. The maximum absolute atomic E-state index is 5.15. The molecule has 0 aliphatic heterocycles. The molecular weight excluding hydrogens is 357 g/mol. The Hall–Kier alpha value is 1.38. The molecule has 0 radical (unpaired) electrons. The van der Waals surface area contributed by atoms with E-state index in [1.807, 2.05) is 6.92 Å². The summed E-state index contributed by atoms with van der Waals surface area (Å²) in [6.07, 6.45) is 1.19. The summed E-state index contributed by atoms with van der Waals surface area (Å²) in [5.41, 5.74) is 0. The van der Waals surface area contributed by atoms with E-state index in [1.165, 1.54) is 6.42 Å². The van der Waals surface area contributed by atoms with Crippen molar-refractivity contribution in [3.8, 4) is 0 Å². The first kappa shape index (κ1) is 9.38. The molecule has 0 aliphatic carbocycles. The van der Waals surface area contributed by atoms with Crippen LogP contribution >= 0.6 is 15.9 Å². The molecule has 0 aromatic rings. The van der Waals surface area contributed by atoms with Crippen molar-refractivity contribution in [3.05, 3.63) is 0 Å². The molecule has 8 heavy (non-hydrogen) atoms. The first-order valence-electron chi connectivity index (χ1n) is 2.82. The van der Waals surface area contributed by atoms with Crippen LogP contribution < -0.4 is 0 Å². The van der Waals surface area contributed by atoms with E-state index in [0.29, 0.717) is 0 Å². The number of alkyl halides is 1. The van der Waals surface area contributed by atoms with Gasteiger partial charge in [-0.1, -0.05) is 0 Å². The van der Waals surface area contributed by atoms with E-state index >= 15 is 0 Å². The van der Waals surface area contributed by atoms with Crippen LogP contribution in [0.2, 0.25) is 0 Å². The number of ether oxygens (including phenoxy) is 1. The van der Waals surface area contributed by atoms with E-state index in [-0.39, 0.29) is 0 Å². The average molecular weight is 367 g/mol. The molecule has 1 nitrogen and oxygen atoms in total. The second kappa shape index (κ2) is 6.49. The predicted octanol–water partition coefficient (Wildman–Crippen LogP) is 1.68. The SMILES string of the molecule is CCOCC[CH](Br)[Hg]. The van der Waals surface area contributed by atoms with Crippen LogP contribution in [0.5, 0.6) is 0 Å². The summed E-state index contributed by atoms with van der Waals surface area (Å²) < 4.78 is 5.93. The summed E-state index contributed by atoms with van der Waals surface area (Å²) >= 11 is 4.37. The molecule has 0 N–H and O–H groups in total. The molecule has 0 amide bonds. The van der Waals surface area contributed by atoms with E-state index in [9.17, 15) is 0 Å². The molecule has 0 rings (SSSR count). The Morgan fingerprint density at radius 3 is 2.75 bits per heavy atom. The Kier molecular flexibility index (Phi) is 7.61. The normalized spacial score (nSPS) is 14.0. The molecule has 0 heterocycles.